The van der Waals surface area contributed by atoms with Crippen molar-refractivity contribution in [3.8, 4) is 11.3 Å². The summed E-state index contributed by atoms with van der Waals surface area (Å²) in [5, 5.41) is 33.1. The number of fused-ring (bicyclic) bond motifs is 2. The summed E-state index contributed by atoms with van der Waals surface area (Å²) < 4.78 is 131. The minimum absolute atomic E-state index is 0.00581. The summed E-state index contributed by atoms with van der Waals surface area (Å²) in [6, 6.07) is 27.6. The van der Waals surface area contributed by atoms with Gasteiger partial charge in [-0.2, -0.15) is 0 Å². The van der Waals surface area contributed by atoms with E-state index in [1.54, 1.807) is 55.0 Å². The molecule has 20 nitrogen and oxygen atoms in total. The summed E-state index contributed by atoms with van der Waals surface area (Å²) in [7, 11) is -1.93. The van der Waals surface area contributed by atoms with Gasteiger partial charge in [0.2, 0.25) is 0 Å². The Morgan fingerprint density at radius 2 is 0.807 bits per heavy atom. The SMILES string of the molecule is CC1(C)OB(B2OC(C)(C)C(C)(C)O2)OC1(C)C.CC1(C)OB(c2cc(C(O)c3cccnc3)c(F)cc2F)OC1(C)C.Clc1ncnc2cc(N3CCOCC3)ccc12.OC(c1cccnc1)c1cc(-c2ncnc3cc(N4CCOCC4)ccc23)c(F)cc1F.OC(c1cccnc1)c1cc(Br)c(F)cc1F. The lowest BCUT2D eigenvalue weighted by atomic mass is 9.49. The largest absolute Gasteiger partial charge is 0.497 e. The first-order chi connectivity index (χ1) is 51.6. The van der Waals surface area contributed by atoms with Crippen LogP contribution in [0.15, 0.2) is 164 Å². The van der Waals surface area contributed by atoms with Gasteiger partial charge in [-0.25, -0.2) is 46.3 Å². The summed E-state index contributed by atoms with van der Waals surface area (Å²) in [6.07, 6.45) is 8.10. The highest BCUT2D eigenvalue weighted by molar-refractivity contribution is 9.10. The van der Waals surface area contributed by atoms with Crippen LogP contribution in [0.5, 0.6) is 0 Å². The molecule has 3 unspecified atom stereocenters. The molecule has 5 aliphatic rings. The highest BCUT2D eigenvalue weighted by atomic mass is 79.9. The van der Waals surface area contributed by atoms with E-state index in [0.717, 1.165) is 79.9 Å². The van der Waals surface area contributed by atoms with Crippen molar-refractivity contribution in [2.75, 3.05) is 62.4 Å². The van der Waals surface area contributed by atoms with Crippen molar-refractivity contribution in [1.29, 1.82) is 0 Å². The van der Waals surface area contributed by atoms with Crippen molar-refractivity contribution >= 4 is 87.3 Å². The fourth-order valence-corrected chi connectivity index (χ4v) is 12.7. The van der Waals surface area contributed by atoms with E-state index in [4.69, 9.17) is 49.0 Å². The number of halogens is 8. The second-order valence-corrected chi connectivity index (χ2v) is 30.6. The number of pyridine rings is 3. The zero-order chi connectivity index (χ0) is 78.5. The predicted molar refractivity (Wildman–Crippen MR) is 409 cm³/mol. The van der Waals surface area contributed by atoms with Gasteiger partial charge in [0.1, 0.15) is 71.0 Å². The third kappa shape index (κ3) is 18.6. The predicted octanol–water partition coefficient (Wildman–Crippen LogP) is 14.2. The molecule has 572 valence electrons. The maximum atomic E-state index is 14.9. The average molecular weight is 1590 g/mol. The van der Waals surface area contributed by atoms with Crippen LogP contribution < -0.4 is 15.3 Å². The zero-order valence-electron chi connectivity index (χ0n) is 62.3. The van der Waals surface area contributed by atoms with Gasteiger partial charge >= 0.3 is 21.1 Å². The monoisotopic (exact) mass is 1580 g/mol. The number of aliphatic hydroxyl groups excluding tert-OH is 3. The van der Waals surface area contributed by atoms with Crippen molar-refractivity contribution in [2.24, 2.45) is 0 Å². The molecular formula is C78H84B3BrClF6N9O11. The highest BCUT2D eigenvalue weighted by Crippen LogP contribution is 2.44. The van der Waals surface area contributed by atoms with Gasteiger partial charge in [-0.15, -0.1) is 0 Å². The van der Waals surface area contributed by atoms with E-state index < -0.39 is 85.6 Å². The van der Waals surface area contributed by atoms with E-state index in [2.05, 4.69) is 66.7 Å². The Labute approximate surface area is 643 Å². The number of aromatic nitrogens is 7. The Hall–Kier alpha value is -8.07. The fraction of sp³-hybridized carbons (Fsp3) is 0.372. The number of benzene rings is 5. The van der Waals surface area contributed by atoms with Gasteiger partial charge in [-0.3, -0.25) is 15.0 Å². The summed E-state index contributed by atoms with van der Waals surface area (Å²) in [5.74, 6) is -4.71. The van der Waals surface area contributed by atoms with Crippen LogP contribution >= 0.6 is 27.5 Å². The third-order valence-corrected chi connectivity index (χ3v) is 21.5. The van der Waals surface area contributed by atoms with Gasteiger partial charge in [0, 0.05) is 148 Å². The molecule has 5 aliphatic heterocycles. The van der Waals surface area contributed by atoms with Gasteiger partial charge in [-0.05, 0) is 166 Å². The van der Waals surface area contributed by atoms with E-state index in [0.29, 0.717) is 51.7 Å². The molecular weight excluding hydrogens is 1500 g/mol. The summed E-state index contributed by atoms with van der Waals surface area (Å²) in [6.45, 7) is 29.9. The van der Waals surface area contributed by atoms with Crippen molar-refractivity contribution in [3.05, 3.63) is 237 Å². The van der Waals surface area contributed by atoms with Crippen LogP contribution in [0.4, 0.5) is 37.7 Å². The quantitative estimate of drug-likeness (QED) is 0.0473. The maximum Gasteiger partial charge on any atom is 0.497 e. The van der Waals surface area contributed by atoms with Crippen LogP contribution in [-0.4, -0.2) is 158 Å². The standard InChI is InChI=1S/C24H20F2N4O2.C18H20BF2NO3.C12H24B2O4.C12H8BrF2NO.C12H12ClN3O/c25-20-12-21(26)19(24(31)15-2-1-5-27-13-15)11-18(20)23-17-4-3-16(10-22(17)28-14-29-23)30-6-8-32-9-7-30;1-17(2)18(3,4)25-19(24-17)13-8-12(14(20)9-15(13)21)16(23)11-6-5-7-22-10-11;1-9(2)10(3,4)16-13(15-9)14-17-11(5,6)12(7,8)18-14;13-9-4-8(10(14)5-11(9)15)12(17)7-2-1-3-16-6-7;13-12-10-2-1-9(7-11(10)14-8-15-12)16-3-5-17-6-4-16/h1-5,10-14,24,31H,6-9H2;5-10,16,23H,1-4H3;1-8H3;1-6,12,17H;1-2,7-8H,3-6H2. The Morgan fingerprint density at radius 1 is 0.431 bits per heavy atom. The lowest BCUT2D eigenvalue weighted by Gasteiger charge is -2.32. The van der Waals surface area contributed by atoms with E-state index >= 15 is 0 Å². The summed E-state index contributed by atoms with van der Waals surface area (Å²) in [5.41, 5.74) is 2.60. The number of morpholine rings is 2. The molecule has 0 bridgehead atoms. The topological polar surface area (TPSA) is 231 Å². The number of ether oxygens (including phenoxy) is 2. The molecule has 0 radical (unpaired) electrons. The van der Waals surface area contributed by atoms with E-state index in [9.17, 15) is 41.7 Å². The number of anilines is 2. The lowest BCUT2D eigenvalue weighted by molar-refractivity contribution is 0.00578. The summed E-state index contributed by atoms with van der Waals surface area (Å²) in [4.78, 5) is 33.0. The second-order valence-electron chi connectivity index (χ2n) is 29.4. The molecule has 5 aromatic carbocycles. The van der Waals surface area contributed by atoms with E-state index in [-0.39, 0.29) is 54.6 Å². The van der Waals surface area contributed by atoms with Crippen molar-refractivity contribution < 1.29 is 79.1 Å². The maximum absolute atomic E-state index is 14.9. The van der Waals surface area contributed by atoms with Crippen molar-refractivity contribution in [3.63, 3.8) is 0 Å². The van der Waals surface area contributed by atoms with Gasteiger partial charge in [0.15, 0.2) is 0 Å². The van der Waals surface area contributed by atoms with E-state index in [1.165, 1.54) is 49.4 Å². The lowest BCUT2D eigenvalue weighted by Crippen LogP contribution is -2.41. The third-order valence-electron chi connectivity index (χ3n) is 20.6. The molecule has 3 atom stereocenters. The van der Waals surface area contributed by atoms with Crippen LogP contribution in [0.2, 0.25) is 5.15 Å². The number of nitrogens with zero attached hydrogens (tertiary/aromatic N) is 9. The molecule has 10 aromatic rings. The molecule has 5 aromatic heterocycles. The first-order valence-electron chi connectivity index (χ1n) is 35.3. The molecule has 5 fully saturated rings. The molecule has 31 heteroatoms. The minimum atomic E-state index is -1.29. The van der Waals surface area contributed by atoms with Crippen LogP contribution in [0.3, 0.4) is 0 Å². The van der Waals surface area contributed by atoms with Crippen molar-refractivity contribution in [1.82, 2.24) is 34.9 Å². The van der Waals surface area contributed by atoms with Crippen LogP contribution in [-0.2, 0) is 37.4 Å². The Bertz CT molecular complexity index is 4740. The molecule has 5 saturated heterocycles. The first kappa shape index (κ1) is 81.9. The zero-order valence-corrected chi connectivity index (χ0v) is 64.6. The average Bonchev–Trinajstić information content (AvgIpc) is 1.60. The number of aliphatic hydroxyl groups is 3. The number of rotatable bonds is 11. The molecule has 0 amide bonds. The number of hydrogen-bond donors (Lipinski definition) is 3. The number of hydrogen-bond acceptors (Lipinski definition) is 20. The Kier molecular flexibility index (Phi) is 25.5. The summed E-state index contributed by atoms with van der Waals surface area (Å²) >= 11 is 8.96. The Balaban J connectivity index is 0.000000139. The molecule has 109 heavy (non-hydrogen) atoms. The molecule has 3 N–H and O–H groups in total. The fourth-order valence-electron chi connectivity index (χ4n) is 12.1. The minimum Gasteiger partial charge on any atom is -0.405 e. The van der Waals surface area contributed by atoms with Crippen LogP contribution in [0, 0.1) is 34.9 Å². The second kappa shape index (κ2) is 33.9. The molecule has 0 spiro atoms. The highest BCUT2D eigenvalue weighted by Gasteiger charge is 2.64. The van der Waals surface area contributed by atoms with Gasteiger partial charge in [0.05, 0.1) is 81.2 Å². The van der Waals surface area contributed by atoms with E-state index in [1.807, 2.05) is 113 Å². The first-order valence-corrected chi connectivity index (χ1v) is 36.5. The molecule has 0 saturated carbocycles. The van der Waals surface area contributed by atoms with Crippen molar-refractivity contribution in [2.45, 2.75) is 135 Å². The van der Waals surface area contributed by atoms with Crippen LogP contribution in [0.25, 0.3) is 33.1 Å². The van der Waals surface area contributed by atoms with Crippen LogP contribution in [0.1, 0.15) is 135 Å². The Morgan fingerprint density at radius 3 is 1.24 bits per heavy atom. The van der Waals surface area contributed by atoms with Gasteiger partial charge < -0.3 is 62.5 Å². The molecule has 10 heterocycles. The van der Waals surface area contributed by atoms with Gasteiger partial charge in [-0.1, -0.05) is 35.9 Å². The molecule has 15 rings (SSSR count). The normalized spacial score (nSPS) is 18.8. The smallest absolute Gasteiger partial charge is 0.405 e. The molecule has 0 aliphatic carbocycles. The van der Waals surface area contributed by atoms with Gasteiger partial charge in [0.25, 0.3) is 0 Å².